The molecule has 0 saturated carbocycles. The summed E-state index contributed by atoms with van der Waals surface area (Å²) in [6, 6.07) is 6.06. The van der Waals surface area contributed by atoms with Gasteiger partial charge >= 0.3 is 0 Å². The highest BCUT2D eigenvalue weighted by molar-refractivity contribution is 5.82. The van der Waals surface area contributed by atoms with Crippen LogP contribution in [0.1, 0.15) is 5.56 Å². The zero-order valence-electron chi connectivity index (χ0n) is 9.00. The number of nitrogens with zero attached hydrogens (tertiary/aromatic N) is 1. The molecule has 0 aliphatic rings. The van der Waals surface area contributed by atoms with Crippen molar-refractivity contribution >= 4 is 11.9 Å². The second-order valence-corrected chi connectivity index (χ2v) is 3.49. The molecule has 1 nitrogen and oxygen atoms in total. The highest BCUT2D eigenvalue weighted by atomic mass is 19.1. The Labute approximate surface area is 100 Å². The molecule has 2 rings (SSSR count). The lowest BCUT2D eigenvalue weighted by Gasteiger charge is -1.99. The highest BCUT2D eigenvalue weighted by Crippen LogP contribution is 2.19. The normalized spacial score (nSPS) is 11.1. The van der Waals surface area contributed by atoms with Crippen molar-refractivity contribution in [2.24, 2.45) is 4.99 Å². The van der Waals surface area contributed by atoms with Crippen LogP contribution in [-0.4, -0.2) is 6.21 Å². The number of hydrogen-bond donors (Lipinski definition) is 0. The fourth-order valence-electron chi connectivity index (χ4n) is 1.35. The lowest BCUT2D eigenvalue weighted by molar-refractivity contribution is 0.579. The van der Waals surface area contributed by atoms with Crippen molar-refractivity contribution in [3.8, 4) is 0 Å². The van der Waals surface area contributed by atoms with Gasteiger partial charge in [-0.25, -0.2) is 17.6 Å². The third-order valence-corrected chi connectivity index (χ3v) is 2.24. The topological polar surface area (TPSA) is 12.4 Å². The van der Waals surface area contributed by atoms with Crippen molar-refractivity contribution < 1.29 is 17.6 Å². The van der Waals surface area contributed by atoms with E-state index in [1.54, 1.807) is 0 Å². The Kier molecular flexibility index (Phi) is 3.41. The van der Waals surface area contributed by atoms with Crippen molar-refractivity contribution in [3.63, 3.8) is 0 Å². The number of hydrogen-bond acceptors (Lipinski definition) is 1. The lowest BCUT2D eigenvalue weighted by Crippen LogP contribution is -1.93. The monoisotopic (exact) mass is 253 g/mol. The summed E-state index contributed by atoms with van der Waals surface area (Å²) in [7, 11) is 0. The minimum Gasteiger partial charge on any atom is -0.253 e. The molecule has 0 aliphatic carbocycles. The van der Waals surface area contributed by atoms with Gasteiger partial charge in [-0.05, 0) is 24.3 Å². The van der Waals surface area contributed by atoms with E-state index in [0.29, 0.717) is 6.07 Å². The van der Waals surface area contributed by atoms with Crippen LogP contribution < -0.4 is 0 Å². The maximum Gasteiger partial charge on any atom is 0.151 e. The minimum absolute atomic E-state index is 0.195. The van der Waals surface area contributed by atoms with Gasteiger partial charge in [-0.2, -0.15) is 0 Å². The first-order chi connectivity index (χ1) is 8.58. The Morgan fingerprint density at radius 3 is 2.11 bits per heavy atom. The zero-order valence-corrected chi connectivity index (χ0v) is 9.00. The van der Waals surface area contributed by atoms with E-state index in [-0.39, 0.29) is 11.3 Å². The fraction of sp³-hybridized carbons (Fsp3) is 0. The van der Waals surface area contributed by atoms with Gasteiger partial charge in [-0.3, -0.25) is 4.99 Å². The quantitative estimate of drug-likeness (QED) is 0.566. The van der Waals surface area contributed by atoms with Gasteiger partial charge in [0.25, 0.3) is 0 Å². The van der Waals surface area contributed by atoms with Gasteiger partial charge in [-0.15, -0.1) is 0 Å². The third-order valence-electron chi connectivity index (χ3n) is 2.24. The molecule has 0 unspecified atom stereocenters. The van der Waals surface area contributed by atoms with Crippen LogP contribution in [0.3, 0.4) is 0 Å². The Morgan fingerprint density at radius 2 is 1.50 bits per heavy atom. The summed E-state index contributed by atoms with van der Waals surface area (Å²) in [6.45, 7) is 0. The molecule has 0 heterocycles. The molecule has 0 fully saturated rings. The molecular weight excluding hydrogens is 246 g/mol. The van der Waals surface area contributed by atoms with E-state index in [1.807, 2.05) is 0 Å². The third kappa shape index (κ3) is 2.56. The SMILES string of the molecule is Fc1ccc(N=Cc2c(F)cccc2F)c(F)c1. The Balaban J connectivity index is 2.36. The number of halogens is 4. The van der Waals surface area contributed by atoms with Crippen molar-refractivity contribution in [2.45, 2.75) is 0 Å². The van der Waals surface area contributed by atoms with Crippen LogP contribution in [0.5, 0.6) is 0 Å². The Morgan fingerprint density at radius 1 is 0.833 bits per heavy atom. The number of aliphatic imine (C=N–C) groups is 1. The first-order valence-electron chi connectivity index (χ1n) is 5.01. The number of rotatable bonds is 2. The van der Waals surface area contributed by atoms with Crippen LogP contribution in [-0.2, 0) is 0 Å². The molecule has 0 bridgehead atoms. The van der Waals surface area contributed by atoms with Gasteiger partial charge < -0.3 is 0 Å². The Hall–Kier alpha value is -2.17. The average molecular weight is 253 g/mol. The lowest BCUT2D eigenvalue weighted by atomic mass is 10.2. The van der Waals surface area contributed by atoms with Crippen LogP contribution in [0.4, 0.5) is 23.2 Å². The highest BCUT2D eigenvalue weighted by Gasteiger charge is 2.06. The molecule has 2 aromatic rings. The van der Waals surface area contributed by atoms with Crippen LogP contribution in [0.15, 0.2) is 41.4 Å². The molecule has 0 saturated heterocycles. The van der Waals surface area contributed by atoms with Gasteiger partial charge in [0, 0.05) is 12.3 Å². The van der Waals surface area contributed by atoms with Gasteiger partial charge in [0.2, 0.25) is 0 Å². The summed E-state index contributed by atoms with van der Waals surface area (Å²) in [5.74, 6) is -3.26. The van der Waals surface area contributed by atoms with Gasteiger partial charge in [0.15, 0.2) is 5.82 Å². The first kappa shape index (κ1) is 12.3. The fourth-order valence-corrected chi connectivity index (χ4v) is 1.35. The van der Waals surface area contributed by atoms with E-state index in [9.17, 15) is 17.6 Å². The maximum absolute atomic E-state index is 13.2. The second kappa shape index (κ2) is 5.00. The van der Waals surface area contributed by atoms with E-state index >= 15 is 0 Å². The molecule has 0 N–H and O–H groups in total. The van der Waals surface area contributed by atoms with Crippen LogP contribution in [0.2, 0.25) is 0 Å². The molecule has 5 heteroatoms. The molecule has 2 aromatic carbocycles. The standard InChI is InChI=1S/C13H7F4N/c14-8-4-5-13(12(17)6-8)18-7-9-10(15)2-1-3-11(9)16/h1-7H. The predicted octanol–water partition coefficient (Wildman–Crippen LogP) is 3.99. The summed E-state index contributed by atoms with van der Waals surface area (Å²) in [6.07, 6.45) is 0.862. The minimum atomic E-state index is -0.900. The van der Waals surface area contributed by atoms with Crippen molar-refractivity contribution in [3.05, 3.63) is 65.2 Å². The number of benzene rings is 2. The second-order valence-electron chi connectivity index (χ2n) is 3.49. The van der Waals surface area contributed by atoms with Gasteiger partial charge in [0.1, 0.15) is 17.5 Å². The smallest absolute Gasteiger partial charge is 0.151 e. The van der Waals surface area contributed by atoms with Crippen LogP contribution in [0.25, 0.3) is 0 Å². The van der Waals surface area contributed by atoms with E-state index in [2.05, 4.69) is 4.99 Å². The van der Waals surface area contributed by atoms with Crippen molar-refractivity contribution in [1.82, 2.24) is 0 Å². The summed E-state index contributed by atoms with van der Waals surface area (Å²) in [5, 5.41) is 0. The molecule has 0 atom stereocenters. The first-order valence-corrected chi connectivity index (χ1v) is 5.01. The molecule has 0 aromatic heterocycles. The zero-order chi connectivity index (χ0) is 13.1. The molecular formula is C13H7F4N. The van der Waals surface area contributed by atoms with E-state index in [0.717, 1.165) is 30.5 Å². The molecule has 0 radical (unpaired) electrons. The summed E-state index contributed by atoms with van der Waals surface area (Å²) in [4.78, 5) is 3.59. The Bertz CT molecular complexity index is 588. The van der Waals surface area contributed by atoms with Crippen molar-refractivity contribution in [2.75, 3.05) is 0 Å². The van der Waals surface area contributed by atoms with Gasteiger partial charge in [0.05, 0.1) is 11.3 Å². The van der Waals surface area contributed by atoms with E-state index in [4.69, 9.17) is 0 Å². The van der Waals surface area contributed by atoms with E-state index in [1.165, 1.54) is 6.07 Å². The van der Waals surface area contributed by atoms with E-state index < -0.39 is 23.3 Å². The average Bonchev–Trinajstić information content (AvgIpc) is 2.31. The molecule has 0 spiro atoms. The summed E-state index contributed by atoms with van der Waals surface area (Å²) in [5.41, 5.74) is -0.569. The molecule has 0 amide bonds. The van der Waals surface area contributed by atoms with Crippen LogP contribution >= 0.6 is 0 Å². The van der Waals surface area contributed by atoms with Crippen molar-refractivity contribution in [1.29, 1.82) is 0 Å². The summed E-state index contributed by atoms with van der Waals surface area (Å²) >= 11 is 0. The molecule has 0 aliphatic heterocycles. The van der Waals surface area contributed by atoms with Crippen LogP contribution in [0, 0.1) is 23.3 Å². The molecule has 18 heavy (non-hydrogen) atoms. The maximum atomic E-state index is 13.2. The van der Waals surface area contributed by atoms with Gasteiger partial charge in [-0.1, -0.05) is 6.07 Å². The predicted molar refractivity (Wildman–Crippen MR) is 60.0 cm³/mol. The largest absolute Gasteiger partial charge is 0.253 e. The summed E-state index contributed by atoms with van der Waals surface area (Å²) < 4.78 is 52.3. The molecule has 92 valence electrons.